The predicted molar refractivity (Wildman–Crippen MR) is 85.1 cm³/mol. The summed E-state index contributed by atoms with van der Waals surface area (Å²) in [5.41, 5.74) is 0. The van der Waals surface area contributed by atoms with Crippen molar-refractivity contribution in [2.45, 2.75) is 64.5 Å². The monoisotopic (exact) mass is 282 g/mol. The molecule has 3 atom stereocenters. The van der Waals surface area contributed by atoms with E-state index in [9.17, 15) is 0 Å². The standard InChI is InChI=1S/C17H34N2O/c1-4-14-6-7-16(18-5-2)17(12-14)19(3)13-15-8-10-20-11-9-15/h14-18H,4-13H2,1-3H3. The van der Waals surface area contributed by atoms with Crippen molar-refractivity contribution in [3.63, 3.8) is 0 Å². The largest absolute Gasteiger partial charge is 0.381 e. The Bertz CT molecular complexity index is 266. The summed E-state index contributed by atoms with van der Waals surface area (Å²) in [6.45, 7) is 8.89. The Morgan fingerprint density at radius 2 is 1.80 bits per heavy atom. The lowest BCUT2D eigenvalue weighted by Crippen LogP contribution is -2.53. The highest BCUT2D eigenvalue weighted by atomic mass is 16.5. The van der Waals surface area contributed by atoms with Crippen LogP contribution in [0.1, 0.15) is 52.4 Å². The fraction of sp³-hybridized carbons (Fsp3) is 1.00. The molecule has 0 amide bonds. The Kier molecular flexibility index (Phi) is 6.79. The third kappa shape index (κ3) is 4.44. The van der Waals surface area contributed by atoms with Crippen LogP contribution in [0, 0.1) is 11.8 Å². The number of hydrogen-bond acceptors (Lipinski definition) is 3. The molecule has 1 aliphatic heterocycles. The maximum Gasteiger partial charge on any atom is 0.0469 e. The molecule has 2 fully saturated rings. The first-order valence-corrected chi connectivity index (χ1v) is 8.75. The highest BCUT2D eigenvalue weighted by Crippen LogP contribution is 2.30. The van der Waals surface area contributed by atoms with Crippen LogP contribution in [0.4, 0.5) is 0 Å². The molecule has 2 aliphatic rings. The fourth-order valence-electron chi connectivity index (χ4n) is 4.06. The summed E-state index contributed by atoms with van der Waals surface area (Å²) in [6.07, 6.45) is 8.00. The molecule has 118 valence electrons. The highest BCUT2D eigenvalue weighted by Gasteiger charge is 2.32. The summed E-state index contributed by atoms with van der Waals surface area (Å²) in [5.74, 6) is 1.78. The van der Waals surface area contributed by atoms with Crippen LogP contribution in [0.3, 0.4) is 0 Å². The SMILES string of the molecule is CCNC1CCC(CC)CC1N(C)CC1CCOCC1. The van der Waals surface area contributed by atoms with E-state index < -0.39 is 0 Å². The minimum Gasteiger partial charge on any atom is -0.381 e. The first kappa shape index (κ1) is 16.3. The van der Waals surface area contributed by atoms with Gasteiger partial charge < -0.3 is 15.0 Å². The van der Waals surface area contributed by atoms with Crippen LogP contribution >= 0.6 is 0 Å². The molecule has 1 saturated heterocycles. The van der Waals surface area contributed by atoms with Crippen molar-refractivity contribution in [3.8, 4) is 0 Å². The van der Waals surface area contributed by atoms with Crippen LogP contribution in [-0.4, -0.2) is 50.3 Å². The van der Waals surface area contributed by atoms with Crippen molar-refractivity contribution in [3.05, 3.63) is 0 Å². The second-order valence-corrected chi connectivity index (χ2v) is 6.81. The fourth-order valence-corrected chi connectivity index (χ4v) is 4.06. The van der Waals surface area contributed by atoms with Crippen LogP contribution in [-0.2, 0) is 4.74 Å². The Hall–Kier alpha value is -0.120. The summed E-state index contributed by atoms with van der Waals surface area (Å²) in [4.78, 5) is 2.66. The average molecular weight is 282 g/mol. The van der Waals surface area contributed by atoms with Gasteiger partial charge in [0.1, 0.15) is 0 Å². The van der Waals surface area contributed by atoms with E-state index in [4.69, 9.17) is 4.74 Å². The number of hydrogen-bond donors (Lipinski definition) is 1. The second kappa shape index (κ2) is 8.35. The molecule has 3 heteroatoms. The van der Waals surface area contributed by atoms with E-state index >= 15 is 0 Å². The zero-order valence-electron chi connectivity index (χ0n) is 13.7. The van der Waals surface area contributed by atoms with E-state index in [1.165, 1.54) is 45.1 Å². The smallest absolute Gasteiger partial charge is 0.0469 e. The molecule has 0 spiro atoms. The second-order valence-electron chi connectivity index (χ2n) is 6.81. The third-order valence-electron chi connectivity index (χ3n) is 5.42. The number of ether oxygens (including phenoxy) is 1. The maximum atomic E-state index is 5.49. The van der Waals surface area contributed by atoms with Crippen LogP contribution in [0.2, 0.25) is 0 Å². The summed E-state index contributed by atoms with van der Waals surface area (Å²) < 4.78 is 5.49. The number of nitrogens with one attached hydrogen (secondary N) is 1. The Morgan fingerprint density at radius 3 is 2.45 bits per heavy atom. The van der Waals surface area contributed by atoms with Crippen molar-refractivity contribution in [2.75, 3.05) is 33.4 Å². The van der Waals surface area contributed by atoms with Crippen molar-refractivity contribution >= 4 is 0 Å². The number of likely N-dealkylation sites (N-methyl/N-ethyl adjacent to an activating group) is 2. The molecule has 0 bridgehead atoms. The van der Waals surface area contributed by atoms with Gasteiger partial charge in [-0.25, -0.2) is 0 Å². The topological polar surface area (TPSA) is 24.5 Å². The van der Waals surface area contributed by atoms with Gasteiger partial charge in [0.2, 0.25) is 0 Å². The Labute approximate surface area is 125 Å². The van der Waals surface area contributed by atoms with E-state index in [1.54, 1.807) is 0 Å². The van der Waals surface area contributed by atoms with Gasteiger partial charge in [0.05, 0.1) is 0 Å². The molecule has 20 heavy (non-hydrogen) atoms. The molecule has 0 aromatic carbocycles. The van der Waals surface area contributed by atoms with Gasteiger partial charge in [0.15, 0.2) is 0 Å². The Balaban J connectivity index is 1.89. The molecule has 1 saturated carbocycles. The molecule has 0 aromatic heterocycles. The van der Waals surface area contributed by atoms with E-state index in [2.05, 4.69) is 31.1 Å². The van der Waals surface area contributed by atoms with Gasteiger partial charge >= 0.3 is 0 Å². The van der Waals surface area contributed by atoms with Gasteiger partial charge in [-0.2, -0.15) is 0 Å². The lowest BCUT2D eigenvalue weighted by molar-refractivity contribution is 0.0389. The Morgan fingerprint density at radius 1 is 1.05 bits per heavy atom. The first-order chi connectivity index (χ1) is 9.74. The van der Waals surface area contributed by atoms with Gasteiger partial charge in [0, 0.05) is 31.8 Å². The van der Waals surface area contributed by atoms with Crippen molar-refractivity contribution in [2.24, 2.45) is 11.8 Å². The summed E-state index contributed by atoms with van der Waals surface area (Å²) >= 11 is 0. The van der Waals surface area contributed by atoms with Crippen molar-refractivity contribution in [1.82, 2.24) is 10.2 Å². The van der Waals surface area contributed by atoms with E-state index in [-0.39, 0.29) is 0 Å². The lowest BCUT2D eigenvalue weighted by Gasteiger charge is -2.43. The van der Waals surface area contributed by atoms with Gasteiger partial charge in [-0.05, 0) is 57.5 Å². The first-order valence-electron chi connectivity index (χ1n) is 8.75. The molecule has 3 nitrogen and oxygen atoms in total. The summed E-state index contributed by atoms with van der Waals surface area (Å²) in [7, 11) is 2.35. The highest BCUT2D eigenvalue weighted by molar-refractivity contribution is 4.90. The minimum absolute atomic E-state index is 0.702. The van der Waals surface area contributed by atoms with Crippen LogP contribution in [0.15, 0.2) is 0 Å². The van der Waals surface area contributed by atoms with Crippen molar-refractivity contribution in [1.29, 1.82) is 0 Å². The van der Waals surface area contributed by atoms with E-state index in [1.807, 2.05) is 0 Å². The molecule has 1 heterocycles. The molecule has 1 N–H and O–H groups in total. The molecular weight excluding hydrogens is 248 g/mol. The zero-order chi connectivity index (χ0) is 14.4. The van der Waals surface area contributed by atoms with E-state index in [0.29, 0.717) is 6.04 Å². The van der Waals surface area contributed by atoms with Gasteiger partial charge in [-0.3, -0.25) is 0 Å². The van der Waals surface area contributed by atoms with E-state index in [0.717, 1.165) is 37.6 Å². The quantitative estimate of drug-likeness (QED) is 0.811. The summed E-state index contributed by atoms with van der Waals surface area (Å²) in [5, 5.41) is 3.73. The molecular formula is C17H34N2O. The molecule has 0 aromatic rings. The van der Waals surface area contributed by atoms with Gasteiger partial charge in [0.25, 0.3) is 0 Å². The third-order valence-corrected chi connectivity index (χ3v) is 5.42. The number of nitrogens with zero attached hydrogens (tertiary/aromatic N) is 1. The van der Waals surface area contributed by atoms with Crippen molar-refractivity contribution < 1.29 is 4.74 Å². The maximum absolute atomic E-state index is 5.49. The lowest BCUT2D eigenvalue weighted by atomic mass is 9.80. The van der Waals surface area contributed by atoms with Crippen LogP contribution < -0.4 is 5.32 Å². The predicted octanol–water partition coefficient (Wildman–Crippen LogP) is 2.90. The number of rotatable bonds is 6. The van der Waals surface area contributed by atoms with Crippen LogP contribution in [0.25, 0.3) is 0 Å². The normalized spacial score (nSPS) is 32.7. The van der Waals surface area contributed by atoms with Crippen LogP contribution in [0.5, 0.6) is 0 Å². The molecule has 0 radical (unpaired) electrons. The molecule has 3 unspecified atom stereocenters. The van der Waals surface area contributed by atoms with Gasteiger partial charge in [-0.1, -0.05) is 20.3 Å². The average Bonchev–Trinajstić information content (AvgIpc) is 2.49. The molecule has 2 rings (SSSR count). The molecule has 1 aliphatic carbocycles. The van der Waals surface area contributed by atoms with Gasteiger partial charge in [-0.15, -0.1) is 0 Å². The minimum atomic E-state index is 0.702. The zero-order valence-corrected chi connectivity index (χ0v) is 13.7. The summed E-state index contributed by atoms with van der Waals surface area (Å²) in [6, 6.07) is 1.43.